The highest BCUT2D eigenvalue weighted by Crippen LogP contribution is 2.41. The average molecular weight is 1520 g/mol. The summed E-state index contributed by atoms with van der Waals surface area (Å²) in [5.41, 5.74) is 0.430. The SMILES string of the molecule is COC[C@H]1O[C@@H]2O[C@H]3[C@H](O)[C@@H](OC)[C@@H](O[C@H]4[C@H](O)[C@@H](OC)[C@@H](O[C@H]5[C@H](O)[C@@H](OC)[C@@H](O[C@H]6[C@H](O)[C@@H](OC)[C@@H](O[C@H]7[C@H](O)[C@@H](OC)[C@@H](O[C@H]8[C@H](O)[C@@H](OC)C(O[C@H]1[C@H](O)[C@H]2OC)O[C@@H]8COC)O[C@@H]7COC)O[C@@H]6COC)O[C@@H]5COC)O[C@@H]4COC)O[C@@H]3COC.O=[N+]([O-])OCc1cccc(Cl)n1. The molecule has 21 saturated heterocycles. The summed E-state index contributed by atoms with van der Waals surface area (Å²) in [7, 11) is 18.7. The monoisotopic (exact) mass is 1520 g/mol. The molecule has 1 aromatic rings. The van der Waals surface area contributed by atoms with Crippen molar-refractivity contribution >= 4 is 11.6 Å². The third-order valence-corrected chi connectivity index (χ3v) is 18.9. The van der Waals surface area contributed by atoms with Crippen LogP contribution in [0.1, 0.15) is 5.69 Å². The van der Waals surface area contributed by atoms with Gasteiger partial charge in [0.15, 0.2) is 44.0 Å². The van der Waals surface area contributed by atoms with Crippen LogP contribution >= 0.6 is 11.6 Å². The summed E-state index contributed by atoms with van der Waals surface area (Å²) in [6.45, 7) is -1.76. The first-order chi connectivity index (χ1) is 49.6. The van der Waals surface area contributed by atoms with E-state index >= 15 is 0 Å². The molecule has 103 heavy (non-hydrogen) atoms. The van der Waals surface area contributed by atoms with Crippen molar-refractivity contribution in [1.82, 2.24) is 4.98 Å². The number of nitrogens with zero attached hydrogens (tertiary/aromatic N) is 2. The van der Waals surface area contributed by atoms with Gasteiger partial charge in [-0.2, -0.15) is 0 Å². The molecule has 41 heteroatoms. The zero-order valence-corrected chi connectivity index (χ0v) is 60.4. The fourth-order valence-corrected chi connectivity index (χ4v) is 14.0. The number of aliphatic hydroxyl groups is 7. The van der Waals surface area contributed by atoms with Crippen molar-refractivity contribution in [3.05, 3.63) is 39.2 Å². The molecule has 0 radical (unpaired) electrons. The summed E-state index contributed by atoms with van der Waals surface area (Å²) in [5.74, 6) is 0. The Kier molecular flexibility index (Phi) is 34.4. The molecule has 40 nitrogen and oxygen atoms in total. The lowest BCUT2D eigenvalue weighted by Gasteiger charge is -2.51. The lowest BCUT2D eigenvalue weighted by Crippen LogP contribution is -2.69. The Morgan fingerprint density at radius 3 is 0.670 bits per heavy atom. The Hall–Kier alpha value is -2.76. The number of pyridine rings is 1. The Bertz CT molecular complexity index is 2210. The minimum atomic E-state index is -1.62. The highest BCUT2D eigenvalue weighted by atomic mass is 35.5. The Morgan fingerprint density at radius 2 is 0.524 bits per heavy atom. The number of hydrogen-bond acceptors (Lipinski definition) is 39. The summed E-state index contributed by atoms with van der Waals surface area (Å²) in [6.07, 6.45) is -49.4. The molecule has 21 aliphatic heterocycles. The van der Waals surface area contributed by atoms with E-state index in [0.29, 0.717) is 10.8 Å². The van der Waals surface area contributed by atoms with Crippen LogP contribution < -0.4 is 0 Å². The summed E-state index contributed by atoms with van der Waals surface area (Å²) in [4.78, 5) is 17.6. The van der Waals surface area contributed by atoms with Crippen LogP contribution in [0.4, 0.5) is 0 Å². The van der Waals surface area contributed by atoms with Crippen molar-refractivity contribution in [1.29, 1.82) is 0 Å². The van der Waals surface area contributed by atoms with Crippen molar-refractivity contribution in [2.75, 3.05) is 146 Å². The van der Waals surface area contributed by atoms with Gasteiger partial charge in [-0.05, 0) is 12.1 Å². The summed E-state index contributed by atoms with van der Waals surface area (Å²) < 4.78 is 171. The van der Waals surface area contributed by atoms with Crippen molar-refractivity contribution in [2.45, 2.75) is 222 Å². The molecule has 0 amide bonds. The van der Waals surface area contributed by atoms with E-state index in [0.717, 1.165) is 0 Å². The maximum absolute atomic E-state index is 12.3. The van der Waals surface area contributed by atoms with Crippen LogP contribution in [0.15, 0.2) is 18.2 Å². The molecule has 22 rings (SSSR count). The van der Waals surface area contributed by atoms with Gasteiger partial charge in [0.2, 0.25) is 0 Å². The summed E-state index contributed by atoms with van der Waals surface area (Å²) in [5, 5.41) is 95.4. The highest BCUT2D eigenvalue weighted by Gasteiger charge is 2.61. The Labute approximate surface area is 599 Å². The zero-order chi connectivity index (χ0) is 74.9. The first-order valence-electron chi connectivity index (χ1n) is 33.1. The third kappa shape index (κ3) is 20.3. The molecule has 7 N–H and O–H groups in total. The fourth-order valence-electron chi connectivity index (χ4n) is 13.8. The first kappa shape index (κ1) is 85.8. The van der Waals surface area contributed by atoms with Gasteiger partial charge >= 0.3 is 0 Å². The van der Waals surface area contributed by atoms with Gasteiger partial charge in [0, 0.05) is 99.5 Å². The smallest absolute Gasteiger partial charge is 0.294 e. The van der Waals surface area contributed by atoms with E-state index in [-0.39, 0.29) is 52.9 Å². The van der Waals surface area contributed by atoms with Gasteiger partial charge in [-0.3, -0.25) is 0 Å². The molecule has 1 aromatic heterocycles. The molecule has 14 bridgehead atoms. The highest BCUT2D eigenvalue weighted by molar-refractivity contribution is 6.29. The van der Waals surface area contributed by atoms with Gasteiger partial charge in [-0.1, -0.05) is 17.7 Å². The maximum Gasteiger partial charge on any atom is 0.294 e. The third-order valence-electron chi connectivity index (χ3n) is 18.7. The average Bonchev–Trinajstić information content (AvgIpc) is 0.783. The molecule has 596 valence electrons. The molecule has 0 aliphatic carbocycles. The number of methoxy groups -OCH3 is 14. The second-order valence-corrected chi connectivity index (χ2v) is 25.4. The molecule has 0 aromatic carbocycles. The van der Waals surface area contributed by atoms with E-state index in [9.17, 15) is 45.9 Å². The van der Waals surface area contributed by atoms with E-state index in [1.54, 1.807) is 18.2 Å². The predicted octanol–water partition coefficient (Wildman–Crippen LogP) is -4.63. The van der Waals surface area contributed by atoms with Crippen molar-refractivity contribution in [3.63, 3.8) is 0 Å². The second-order valence-electron chi connectivity index (χ2n) is 25.0. The number of aliphatic hydroxyl groups excluding tert-OH is 7. The standard InChI is InChI=1S/C56H98O35.C6H5ClN2O3/c1-64-15-22-36-29(57)43(71-8)50(78-22)86-37-23(16-65-2)80-52(45(73-10)30(37)58)88-39-25(18-67-4)82-54(47(75-12)32(39)60)90-41-27(20-69-6)84-56(49(77-14)34(41)62)91-42-28(21-70-7)83-55(48(76-13)35(42)63)89-40-26(19-68-5)81-53(46(74-11)33(40)61)87-38-24(17-66-3)79-51(85-36)44(72-9)31(38)59;7-6-3-1-2-5(8-6)4-12-9(10)11/h22-63H,15-21H2,1-14H3;1-3H,4H2/t22-,23-,24-,25-,26-,27-,28-,29+,30+,31+,32+,33+,34+,35+,36-,37-,38-,39-,40-,41-,42-,43-,44-,45-,46-,47-,48-,49-,50-,51-,52-,53-,54-,55-,56?;/m1./s1. The van der Waals surface area contributed by atoms with E-state index in [4.69, 9.17) is 144 Å². The second kappa shape index (κ2) is 41.3. The van der Waals surface area contributed by atoms with Crippen molar-refractivity contribution in [2.24, 2.45) is 0 Å². The molecule has 1 unspecified atom stereocenters. The molecular weight excluding hydrogens is 1420 g/mol. The quantitative estimate of drug-likeness (QED) is 0.0291. The molecule has 22 heterocycles. The predicted molar refractivity (Wildman–Crippen MR) is 337 cm³/mol. The molecular formula is C62H103ClN2O38. The van der Waals surface area contributed by atoms with Crippen LogP contribution in [0.2, 0.25) is 5.15 Å². The largest absolute Gasteiger partial charge is 0.387 e. The maximum atomic E-state index is 12.3. The Balaban J connectivity index is 0.00000101. The lowest BCUT2D eigenvalue weighted by molar-refractivity contribution is -0.763. The lowest BCUT2D eigenvalue weighted by atomic mass is 9.95. The van der Waals surface area contributed by atoms with Crippen LogP contribution in [0, 0.1) is 10.1 Å². The van der Waals surface area contributed by atoms with E-state index in [2.05, 4.69) is 9.82 Å². The number of hydrogen-bond donors (Lipinski definition) is 7. The van der Waals surface area contributed by atoms with Gasteiger partial charge in [0.25, 0.3) is 5.09 Å². The van der Waals surface area contributed by atoms with E-state index in [1.807, 2.05) is 0 Å². The van der Waals surface area contributed by atoms with Crippen LogP contribution in [0.5, 0.6) is 0 Å². The number of halogens is 1. The minimum absolute atomic E-state index is 0.173. The van der Waals surface area contributed by atoms with Gasteiger partial charge in [0.05, 0.1) is 51.9 Å². The van der Waals surface area contributed by atoms with Gasteiger partial charge in [-0.25, -0.2) is 4.98 Å². The van der Waals surface area contributed by atoms with Crippen LogP contribution in [0.3, 0.4) is 0 Å². The molecule has 0 spiro atoms. The Morgan fingerprint density at radius 1 is 0.340 bits per heavy atom. The number of rotatable bonds is 24. The molecule has 35 atom stereocenters. The van der Waals surface area contributed by atoms with Crippen molar-refractivity contribution < 1.29 is 178 Å². The molecule has 21 aliphatic rings. The minimum Gasteiger partial charge on any atom is -0.387 e. The van der Waals surface area contributed by atoms with Crippen LogP contribution in [-0.2, 0) is 144 Å². The van der Waals surface area contributed by atoms with Gasteiger partial charge < -0.3 is 173 Å². The topological polar surface area (TPSA) is 465 Å². The normalized spacial score (nSPS) is 44.1. The van der Waals surface area contributed by atoms with Crippen LogP contribution in [-0.4, -0.2) is 407 Å². The van der Waals surface area contributed by atoms with E-state index in [1.165, 1.54) is 99.5 Å². The van der Waals surface area contributed by atoms with Crippen LogP contribution in [0.25, 0.3) is 0 Å². The zero-order valence-electron chi connectivity index (χ0n) is 59.7. The molecule has 21 fully saturated rings. The van der Waals surface area contributed by atoms with Gasteiger partial charge in [-0.15, -0.1) is 10.1 Å². The number of aromatic nitrogens is 1. The van der Waals surface area contributed by atoms with Gasteiger partial charge in [0.1, 0.15) is 183 Å². The molecule has 0 saturated carbocycles. The summed E-state index contributed by atoms with van der Waals surface area (Å²) >= 11 is 5.52. The van der Waals surface area contributed by atoms with E-state index < -0.39 is 220 Å². The fraction of sp³-hybridized carbons (Fsp3) is 0.919. The first-order valence-corrected chi connectivity index (χ1v) is 33.4. The summed E-state index contributed by atoms with van der Waals surface area (Å²) in [6, 6.07) is 4.82. The number of ether oxygens (including phenoxy) is 28. The van der Waals surface area contributed by atoms with Crippen molar-refractivity contribution in [3.8, 4) is 0 Å².